The van der Waals surface area contributed by atoms with Crippen LogP contribution in [0.2, 0.25) is 0 Å². The van der Waals surface area contributed by atoms with Gasteiger partial charge in [0.15, 0.2) is 0 Å². The molecule has 4 nitrogen and oxygen atoms in total. The summed E-state index contributed by atoms with van der Waals surface area (Å²) in [6.45, 7) is 5.63. The van der Waals surface area contributed by atoms with Crippen LogP contribution in [0.1, 0.15) is 42.5 Å². The van der Waals surface area contributed by atoms with Gasteiger partial charge in [-0.3, -0.25) is 0 Å². The fraction of sp³-hybridized carbons (Fsp3) is 0.412. The van der Waals surface area contributed by atoms with Gasteiger partial charge < -0.3 is 9.47 Å². The molecule has 0 amide bonds. The lowest BCUT2D eigenvalue weighted by Gasteiger charge is -2.29. The molecular weight excluding hydrogens is 279 g/mol. The van der Waals surface area contributed by atoms with E-state index in [-0.39, 0.29) is 5.82 Å². The highest BCUT2D eigenvalue weighted by Crippen LogP contribution is 2.28. The van der Waals surface area contributed by atoms with E-state index in [0.29, 0.717) is 23.7 Å². The molecule has 0 fully saturated rings. The molecule has 0 bridgehead atoms. The summed E-state index contributed by atoms with van der Waals surface area (Å²) in [6, 6.07) is 6.60. The molecular formula is C17H19FN4. The van der Waals surface area contributed by atoms with Gasteiger partial charge >= 0.3 is 0 Å². The molecule has 0 saturated heterocycles. The van der Waals surface area contributed by atoms with Crippen LogP contribution < -0.4 is 4.90 Å². The van der Waals surface area contributed by atoms with Crippen molar-refractivity contribution in [3.8, 4) is 6.07 Å². The Morgan fingerprint density at radius 2 is 2.14 bits per heavy atom. The quantitative estimate of drug-likeness (QED) is 0.855. The molecule has 114 valence electrons. The third-order valence-electron chi connectivity index (χ3n) is 4.22. The molecule has 1 aromatic carbocycles. The molecule has 1 aliphatic heterocycles. The lowest BCUT2D eigenvalue weighted by Crippen LogP contribution is -2.31. The summed E-state index contributed by atoms with van der Waals surface area (Å²) in [7, 11) is 2.05. The van der Waals surface area contributed by atoms with E-state index < -0.39 is 0 Å². The third-order valence-corrected chi connectivity index (χ3v) is 4.22. The van der Waals surface area contributed by atoms with Gasteiger partial charge in [-0.25, -0.2) is 9.37 Å². The molecule has 2 heterocycles. The molecule has 0 saturated carbocycles. The van der Waals surface area contributed by atoms with Crippen molar-refractivity contribution in [3.05, 3.63) is 46.8 Å². The number of nitriles is 1. The summed E-state index contributed by atoms with van der Waals surface area (Å²) < 4.78 is 16.4. The van der Waals surface area contributed by atoms with Crippen molar-refractivity contribution in [2.75, 3.05) is 11.4 Å². The summed E-state index contributed by atoms with van der Waals surface area (Å²) >= 11 is 0. The van der Waals surface area contributed by atoms with Crippen molar-refractivity contribution >= 4 is 5.69 Å². The third kappa shape index (κ3) is 2.35. The first-order valence-electron chi connectivity index (χ1n) is 7.50. The molecule has 0 spiro atoms. The topological polar surface area (TPSA) is 44.9 Å². The molecule has 0 unspecified atom stereocenters. The Morgan fingerprint density at radius 1 is 1.36 bits per heavy atom. The zero-order valence-corrected chi connectivity index (χ0v) is 13.1. The van der Waals surface area contributed by atoms with E-state index in [1.54, 1.807) is 12.1 Å². The summed E-state index contributed by atoms with van der Waals surface area (Å²) in [6.07, 6.45) is 0.852. The molecule has 5 heteroatoms. The monoisotopic (exact) mass is 298 g/mol. The number of fused-ring (bicyclic) bond motifs is 1. The van der Waals surface area contributed by atoms with E-state index >= 15 is 0 Å². The highest BCUT2D eigenvalue weighted by atomic mass is 19.1. The summed E-state index contributed by atoms with van der Waals surface area (Å²) in [5, 5.41) is 8.84. The Kier molecular flexibility index (Phi) is 3.61. The van der Waals surface area contributed by atoms with Crippen LogP contribution in [-0.2, 0) is 20.0 Å². The second-order valence-corrected chi connectivity index (χ2v) is 6.03. The first-order chi connectivity index (χ1) is 10.5. The zero-order valence-electron chi connectivity index (χ0n) is 13.1. The van der Waals surface area contributed by atoms with Crippen LogP contribution in [0, 0.1) is 17.1 Å². The second kappa shape index (κ2) is 5.45. The average Bonchev–Trinajstić information content (AvgIpc) is 2.84. The molecule has 1 aliphatic rings. The van der Waals surface area contributed by atoms with E-state index in [1.165, 1.54) is 11.8 Å². The van der Waals surface area contributed by atoms with Gasteiger partial charge in [0.25, 0.3) is 0 Å². The van der Waals surface area contributed by atoms with Crippen LogP contribution in [0.15, 0.2) is 18.2 Å². The number of benzene rings is 1. The standard InChI is InChI=1S/C17H19FN4/c1-11(2)17-20-14-10-22(7-6-16(14)21(17)3)15-5-4-12(9-19)8-13(15)18/h4-5,8,11H,6-7,10H2,1-3H3. The number of rotatable bonds is 2. The molecule has 1 aromatic heterocycles. The van der Waals surface area contributed by atoms with Gasteiger partial charge in [-0.1, -0.05) is 13.8 Å². The van der Waals surface area contributed by atoms with Crippen molar-refractivity contribution in [1.82, 2.24) is 9.55 Å². The number of aromatic nitrogens is 2. The van der Waals surface area contributed by atoms with Crippen molar-refractivity contribution in [3.63, 3.8) is 0 Å². The number of hydrogen-bond acceptors (Lipinski definition) is 3. The first kappa shape index (κ1) is 14.6. The van der Waals surface area contributed by atoms with Gasteiger partial charge in [0, 0.05) is 31.6 Å². The van der Waals surface area contributed by atoms with E-state index in [9.17, 15) is 4.39 Å². The van der Waals surface area contributed by atoms with Crippen LogP contribution in [0.3, 0.4) is 0 Å². The van der Waals surface area contributed by atoms with Gasteiger partial charge in [-0.05, 0) is 18.2 Å². The van der Waals surface area contributed by atoms with E-state index in [2.05, 4.69) is 25.5 Å². The van der Waals surface area contributed by atoms with Gasteiger partial charge in [0.05, 0.1) is 29.6 Å². The van der Waals surface area contributed by atoms with Crippen molar-refractivity contribution in [2.45, 2.75) is 32.7 Å². The number of imidazole rings is 1. The van der Waals surface area contributed by atoms with Crippen LogP contribution in [0.25, 0.3) is 0 Å². The summed E-state index contributed by atoms with van der Waals surface area (Å²) in [5.41, 5.74) is 3.16. The van der Waals surface area contributed by atoms with E-state index in [0.717, 1.165) is 24.5 Å². The minimum atomic E-state index is -0.345. The van der Waals surface area contributed by atoms with Gasteiger partial charge in [0.1, 0.15) is 11.6 Å². The normalized spacial score (nSPS) is 14.1. The van der Waals surface area contributed by atoms with Gasteiger partial charge in [-0.2, -0.15) is 5.26 Å². The molecule has 22 heavy (non-hydrogen) atoms. The minimum Gasteiger partial charge on any atom is -0.363 e. The van der Waals surface area contributed by atoms with Gasteiger partial charge in [0.2, 0.25) is 0 Å². The molecule has 0 atom stereocenters. The van der Waals surface area contributed by atoms with Crippen molar-refractivity contribution in [2.24, 2.45) is 7.05 Å². The summed E-state index contributed by atoms with van der Waals surface area (Å²) in [4.78, 5) is 6.73. The SMILES string of the molecule is CC(C)c1nc2c(n1C)CCN(c1ccc(C#N)cc1F)C2. The smallest absolute Gasteiger partial charge is 0.147 e. The molecule has 0 aliphatic carbocycles. The Balaban J connectivity index is 1.92. The Bertz CT molecular complexity index is 755. The largest absolute Gasteiger partial charge is 0.363 e. The number of hydrogen-bond donors (Lipinski definition) is 0. The molecule has 2 aromatic rings. The predicted molar refractivity (Wildman–Crippen MR) is 83.2 cm³/mol. The zero-order chi connectivity index (χ0) is 15.9. The Labute approximate surface area is 129 Å². The fourth-order valence-electron chi connectivity index (χ4n) is 3.10. The molecule has 0 N–H and O–H groups in total. The Hall–Kier alpha value is -2.35. The first-order valence-corrected chi connectivity index (χ1v) is 7.50. The fourth-order valence-corrected chi connectivity index (χ4v) is 3.10. The predicted octanol–water partition coefficient (Wildman–Crippen LogP) is 3.12. The maximum atomic E-state index is 14.2. The lowest BCUT2D eigenvalue weighted by molar-refractivity contribution is 0.603. The van der Waals surface area contributed by atoms with Crippen molar-refractivity contribution < 1.29 is 4.39 Å². The lowest BCUT2D eigenvalue weighted by atomic mass is 10.1. The maximum absolute atomic E-state index is 14.2. The highest BCUT2D eigenvalue weighted by Gasteiger charge is 2.25. The highest BCUT2D eigenvalue weighted by molar-refractivity contribution is 5.52. The molecule has 0 radical (unpaired) electrons. The Morgan fingerprint density at radius 3 is 2.77 bits per heavy atom. The number of anilines is 1. The number of nitrogens with zero attached hydrogens (tertiary/aromatic N) is 4. The molecule has 3 rings (SSSR count). The van der Waals surface area contributed by atoms with Crippen LogP contribution >= 0.6 is 0 Å². The van der Waals surface area contributed by atoms with Gasteiger partial charge in [-0.15, -0.1) is 0 Å². The maximum Gasteiger partial charge on any atom is 0.147 e. The van der Waals surface area contributed by atoms with E-state index in [4.69, 9.17) is 10.2 Å². The van der Waals surface area contributed by atoms with Crippen LogP contribution in [0.5, 0.6) is 0 Å². The minimum absolute atomic E-state index is 0.345. The summed E-state index contributed by atoms with van der Waals surface area (Å²) in [5.74, 6) is 1.10. The van der Waals surface area contributed by atoms with E-state index in [1.807, 2.05) is 11.0 Å². The van der Waals surface area contributed by atoms with Crippen molar-refractivity contribution in [1.29, 1.82) is 5.26 Å². The van der Waals surface area contributed by atoms with Crippen LogP contribution in [0.4, 0.5) is 10.1 Å². The second-order valence-electron chi connectivity index (χ2n) is 6.03. The average molecular weight is 298 g/mol. The number of halogens is 1. The van der Waals surface area contributed by atoms with Crippen LogP contribution in [-0.4, -0.2) is 16.1 Å².